The number of rotatable bonds is 10. The lowest BCUT2D eigenvalue weighted by molar-refractivity contribution is 0.308. The summed E-state index contributed by atoms with van der Waals surface area (Å²) in [7, 11) is 3.26. The van der Waals surface area contributed by atoms with Crippen LogP contribution in [0.5, 0.6) is 17.2 Å². The Morgan fingerprint density at radius 2 is 1.90 bits per heavy atom. The summed E-state index contributed by atoms with van der Waals surface area (Å²) in [6.45, 7) is 5.18. The minimum atomic E-state index is -0.227. The normalized spacial score (nSPS) is 15.6. The quantitative estimate of drug-likeness (QED) is 0.566. The summed E-state index contributed by atoms with van der Waals surface area (Å²) in [5, 5.41) is 4.27. The van der Waals surface area contributed by atoms with Gasteiger partial charge in [0.1, 0.15) is 17.5 Å². The molecule has 0 bridgehead atoms. The highest BCUT2D eigenvalue weighted by Gasteiger charge is 2.20. The van der Waals surface area contributed by atoms with Crippen molar-refractivity contribution in [3.63, 3.8) is 0 Å². The maximum Gasteiger partial charge on any atom is 0.203 e. The third-order valence-electron chi connectivity index (χ3n) is 5.03. The third-order valence-corrected chi connectivity index (χ3v) is 6.14. The minimum absolute atomic E-state index is 0.223. The zero-order valence-corrected chi connectivity index (χ0v) is 18.8. The van der Waals surface area contributed by atoms with E-state index in [1.807, 2.05) is 19.1 Å². The lowest BCUT2D eigenvalue weighted by atomic mass is 10.1. The number of ether oxygens (including phenoxy) is 3. The van der Waals surface area contributed by atoms with Crippen molar-refractivity contribution < 1.29 is 18.6 Å². The van der Waals surface area contributed by atoms with E-state index in [4.69, 9.17) is 19.2 Å². The predicted molar refractivity (Wildman–Crippen MR) is 122 cm³/mol. The van der Waals surface area contributed by atoms with Crippen LogP contribution in [0.25, 0.3) is 0 Å². The smallest absolute Gasteiger partial charge is 0.203 e. The van der Waals surface area contributed by atoms with Gasteiger partial charge >= 0.3 is 0 Å². The second-order valence-electron chi connectivity index (χ2n) is 7.13. The maximum absolute atomic E-state index is 13.4. The van der Waals surface area contributed by atoms with Crippen LogP contribution in [-0.2, 0) is 6.42 Å². The zero-order chi connectivity index (χ0) is 21.5. The van der Waals surface area contributed by atoms with Gasteiger partial charge in [0.05, 0.1) is 20.3 Å². The maximum atomic E-state index is 13.4. The molecule has 1 N–H and O–H groups in total. The molecule has 1 atom stereocenters. The SMILES string of the molecule is CCc1cc(OC)c(OCC2=NC(CCNc3cc(F)ccc3C)CS2)c(OC)c1. The number of methoxy groups -OCH3 is 2. The van der Waals surface area contributed by atoms with Crippen molar-refractivity contribution in [2.45, 2.75) is 32.7 Å². The van der Waals surface area contributed by atoms with Crippen molar-refractivity contribution in [1.29, 1.82) is 0 Å². The molecule has 0 aromatic heterocycles. The van der Waals surface area contributed by atoms with E-state index in [-0.39, 0.29) is 11.9 Å². The first kappa shape index (κ1) is 22.3. The largest absolute Gasteiger partial charge is 0.493 e. The van der Waals surface area contributed by atoms with Crippen molar-refractivity contribution >= 4 is 22.5 Å². The molecule has 2 aromatic rings. The summed E-state index contributed by atoms with van der Waals surface area (Å²) in [6, 6.07) is 8.97. The van der Waals surface area contributed by atoms with Gasteiger partial charge in [0.25, 0.3) is 0 Å². The first-order valence-electron chi connectivity index (χ1n) is 10.1. The summed E-state index contributed by atoms with van der Waals surface area (Å²) < 4.78 is 30.4. The highest BCUT2D eigenvalue weighted by molar-refractivity contribution is 8.14. The van der Waals surface area contributed by atoms with E-state index in [0.29, 0.717) is 23.9 Å². The number of thioether (sulfide) groups is 1. The Kier molecular flexibility index (Phi) is 7.85. The van der Waals surface area contributed by atoms with Gasteiger partial charge in [-0.1, -0.05) is 13.0 Å². The van der Waals surface area contributed by atoms with Crippen LogP contribution < -0.4 is 19.5 Å². The molecule has 0 fully saturated rings. The topological polar surface area (TPSA) is 52.1 Å². The van der Waals surface area contributed by atoms with Crippen LogP contribution in [0.2, 0.25) is 0 Å². The van der Waals surface area contributed by atoms with Gasteiger partial charge in [-0.3, -0.25) is 4.99 Å². The average Bonchev–Trinajstić information content (AvgIpc) is 3.21. The Balaban J connectivity index is 1.55. The average molecular weight is 433 g/mol. The van der Waals surface area contributed by atoms with E-state index in [1.54, 1.807) is 32.0 Å². The van der Waals surface area contributed by atoms with E-state index >= 15 is 0 Å². The van der Waals surface area contributed by atoms with E-state index in [9.17, 15) is 4.39 Å². The first-order valence-corrected chi connectivity index (χ1v) is 11.1. The van der Waals surface area contributed by atoms with Gasteiger partial charge in [-0.15, -0.1) is 11.8 Å². The molecule has 3 rings (SSSR count). The van der Waals surface area contributed by atoms with E-state index in [1.165, 1.54) is 12.1 Å². The Morgan fingerprint density at radius 1 is 1.17 bits per heavy atom. The minimum Gasteiger partial charge on any atom is -0.493 e. The summed E-state index contributed by atoms with van der Waals surface area (Å²) in [5.41, 5.74) is 3.00. The number of halogens is 1. The van der Waals surface area contributed by atoms with Crippen molar-refractivity contribution in [2.24, 2.45) is 4.99 Å². The Labute approximate surface area is 182 Å². The van der Waals surface area contributed by atoms with Gasteiger partial charge in [-0.05, 0) is 55.2 Å². The van der Waals surface area contributed by atoms with Crippen LogP contribution in [0, 0.1) is 12.7 Å². The second-order valence-corrected chi connectivity index (χ2v) is 8.23. The monoisotopic (exact) mass is 432 g/mol. The van der Waals surface area contributed by atoms with Gasteiger partial charge in [-0.25, -0.2) is 4.39 Å². The van der Waals surface area contributed by atoms with Crippen LogP contribution in [-0.4, -0.2) is 44.2 Å². The van der Waals surface area contributed by atoms with Gasteiger partial charge in [0.15, 0.2) is 11.5 Å². The molecule has 0 amide bonds. The number of nitrogens with zero attached hydrogens (tertiary/aromatic N) is 1. The van der Waals surface area contributed by atoms with Gasteiger partial charge in [0, 0.05) is 18.0 Å². The van der Waals surface area contributed by atoms with E-state index < -0.39 is 0 Å². The van der Waals surface area contributed by atoms with E-state index in [0.717, 1.165) is 47.0 Å². The molecule has 0 saturated heterocycles. The molecular formula is C23H29FN2O3S. The van der Waals surface area contributed by atoms with Crippen LogP contribution >= 0.6 is 11.8 Å². The van der Waals surface area contributed by atoms with Gasteiger partial charge < -0.3 is 19.5 Å². The molecule has 1 aliphatic heterocycles. The second kappa shape index (κ2) is 10.6. The molecular weight excluding hydrogens is 403 g/mol. The molecule has 0 aliphatic carbocycles. The zero-order valence-electron chi connectivity index (χ0n) is 18.0. The fraction of sp³-hybridized carbons (Fsp3) is 0.435. The standard InChI is InChI=1S/C23H29FN2O3S/c1-5-16-10-20(27-3)23(21(11-16)28-4)29-13-22-26-18(14-30-22)8-9-25-19-12-17(24)7-6-15(19)2/h6-7,10-12,18,25H,5,8-9,13-14H2,1-4H3. The van der Waals surface area contributed by atoms with Crippen LogP contribution in [0.1, 0.15) is 24.5 Å². The molecule has 0 radical (unpaired) electrons. The number of hydrogen-bond donors (Lipinski definition) is 1. The van der Waals surface area contributed by atoms with Crippen LogP contribution in [0.15, 0.2) is 35.3 Å². The number of hydrogen-bond acceptors (Lipinski definition) is 6. The van der Waals surface area contributed by atoms with Crippen molar-refractivity contribution in [3.05, 3.63) is 47.3 Å². The third kappa shape index (κ3) is 5.59. The first-order chi connectivity index (χ1) is 14.5. The van der Waals surface area contributed by atoms with E-state index in [2.05, 4.69) is 12.2 Å². The molecule has 1 aliphatic rings. The number of aryl methyl sites for hydroxylation is 2. The summed E-state index contributed by atoms with van der Waals surface area (Å²) in [4.78, 5) is 4.78. The molecule has 0 saturated carbocycles. The molecule has 0 spiro atoms. The fourth-order valence-corrected chi connectivity index (χ4v) is 4.26. The predicted octanol–water partition coefficient (Wildman–Crippen LogP) is 5.11. The summed E-state index contributed by atoms with van der Waals surface area (Å²) >= 11 is 1.71. The molecule has 30 heavy (non-hydrogen) atoms. The molecule has 162 valence electrons. The van der Waals surface area contributed by atoms with Crippen molar-refractivity contribution in [1.82, 2.24) is 0 Å². The van der Waals surface area contributed by atoms with Gasteiger partial charge in [0.2, 0.25) is 5.75 Å². The molecule has 2 aromatic carbocycles. The number of nitrogens with one attached hydrogen (secondary N) is 1. The van der Waals surface area contributed by atoms with Crippen molar-refractivity contribution in [2.75, 3.05) is 38.4 Å². The summed E-state index contributed by atoms with van der Waals surface area (Å²) in [6.07, 6.45) is 1.77. The number of aliphatic imine (C=N–C) groups is 1. The molecule has 5 nitrogen and oxygen atoms in total. The highest BCUT2D eigenvalue weighted by atomic mass is 32.2. The highest BCUT2D eigenvalue weighted by Crippen LogP contribution is 2.39. The van der Waals surface area contributed by atoms with Crippen molar-refractivity contribution in [3.8, 4) is 17.2 Å². The fourth-order valence-electron chi connectivity index (χ4n) is 3.27. The summed E-state index contributed by atoms with van der Waals surface area (Å²) in [5.74, 6) is 2.63. The molecule has 7 heteroatoms. The number of anilines is 1. The number of benzene rings is 2. The molecule has 1 heterocycles. The lowest BCUT2D eigenvalue weighted by Crippen LogP contribution is -2.12. The Bertz CT molecular complexity index is 879. The Hall–Kier alpha value is -2.41. The molecule has 1 unspecified atom stereocenters. The lowest BCUT2D eigenvalue weighted by Gasteiger charge is -2.15. The van der Waals surface area contributed by atoms with Crippen LogP contribution in [0.3, 0.4) is 0 Å². The van der Waals surface area contributed by atoms with Crippen LogP contribution in [0.4, 0.5) is 10.1 Å². The Morgan fingerprint density at radius 3 is 2.57 bits per heavy atom. The van der Waals surface area contributed by atoms with Gasteiger partial charge in [-0.2, -0.15) is 0 Å².